The third-order valence-corrected chi connectivity index (χ3v) is 5.69. The lowest BCUT2D eigenvalue weighted by atomic mass is 10.0. The fourth-order valence-corrected chi connectivity index (χ4v) is 3.32. The van der Waals surface area contributed by atoms with Gasteiger partial charge in [-0.2, -0.15) is 25.3 Å². The van der Waals surface area contributed by atoms with Gasteiger partial charge in [0.05, 0.1) is 0 Å². The number of rotatable bonds is 17. The van der Waals surface area contributed by atoms with Crippen molar-refractivity contribution in [3.63, 3.8) is 0 Å². The summed E-state index contributed by atoms with van der Waals surface area (Å²) in [4.78, 5) is 0. The predicted molar refractivity (Wildman–Crippen MR) is 108 cm³/mol. The number of aliphatic hydroxyl groups excluding tert-OH is 1. The van der Waals surface area contributed by atoms with Gasteiger partial charge in [0.15, 0.2) is 0 Å². The smallest absolute Gasteiger partial charge is 0.0467 e. The SMILES string of the molecule is CC(CO)C(S)CCCCCCCCCCCCCCCS. The zero-order valence-electron chi connectivity index (χ0n) is 14.8. The molecule has 0 saturated heterocycles. The Balaban J connectivity index is 3.08. The highest BCUT2D eigenvalue weighted by Gasteiger charge is 2.10. The van der Waals surface area contributed by atoms with Gasteiger partial charge >= 0.3 is 0 Å². The normalized spacial score (nSPS) is 14.2. The molecule has 3 heteroatoms. The van der Waals surface area contributed by atoms with Crippen molar-refractivity contribution in [2.75, 3.05) is 12.4 Å². The molecule has 0 spiro atoms. The summed E-state index contributed by atoms with van der Waals surface area (Å²) in [5, 5.41) is 9.44. The van der Waals surface area contributed by atoms with Gasteiger partial charge in [-0.3, -0.25) is 0 Å². The van der Waals surface area contributed by atoms with Gasteiger partial charge in [0.25, 0.3) is 0 Å². The molecule has 134 valence electrons. The number of hydrogen-bond acceptors (Lipinski definition) is 3. The molecule has 1 nitrogen and oxygen atoms in total. The Labute approximate surface area is 150 Å². The topological polar surface area (TPSA) is 20.2 Å². The Morgan fingerprint density at radius 2 is 1.05 bits per heavy atom. The molecule has 2 atom stereocenters. The van der Waals surface area contributed by atoms with E-state index < -0.39 is 0 Å². The Morgan fingerprint density at radius 3 is 1.41 bits per heavy atom. The van der Waals surface area contributed by atoms with E-state index in [1.54, 1.807) is 0 Å². The van der Waals surface area contributed by atoms with Crippen LogP contribution in [-0.2, 0) is 0 Å². The van der Waals surface area contributed by atoms with Crippen molar-refractivity contribution < 1.29 is 5.11 Å². The summed E-state index contributed by atoms with van der Waals surface area (Å²) < 4.78 is 0. The molecule has 0 amide bonds. The molecule has 0 radical (unpaired) electrons. The van der Waals surface area contributed by atoms with Crippen molar-refractivity contribution in [2.45, 2.75) is 102 Å². The van der Waals surface area contributed by atoms with E-state index in [9.17, 15) is 0 Å². The third-order valence-electron chi connectivity index (χ3n) is 4.60. The van der Waals surface area contributed by atoms with Crippen LogP contribution in [0.15, 0.2) is 0 Å². The predicted octanol–water partition coefficient (Wildman–Crippen LogP) is 6.30. The van der Waals surface area contributed by atoms with Crippen LogP contribution in [0.2, 0.25) is 0 Å². The van der Waals surface area contributed by atoms with E-state index in [2.05, 4.69) is 32.2 Å². The van der Waals surface area contributed by atoms with Gasteiger partial charge in [0.2, 0.25) is 0 Å². The van der Waals surface area contributed by atoms with E-state index >= 15 is 0 Å². The fraction of sp³-hybridized carbons (Fsp3) is 1.00. The number of aliphatic hydroxyl groups is 1. The number of unbranched alkanes of at least 4 members (excludes halogenated alkanes) is 12. The first-order valence-electron chi connectivity index (χ1n) is 9.62. The fourth-order valence-electron chi connectivity index (χ4n) is 2.82. The number of hydrogen-bond donors (Lipinski definition) is 3. The second kappa shape index (κ2) is 18.0. The second-order valence-electron chi connectivity index (χ2n) is 6.84. The van der Waals surface area contributed by atoms with Crippen molar-refractivity contribution >= 4 is 25.3 Å². The van der Waals surface area contributed by atoms with Crippen LogP contribution in [0.4, 0.5) is 0 Å². The first-order chi connectivity index (χ1) is 10.7. The molecule has 0 aromatic heterocycles. The summed E-state index contributed by atoms with van der Waals surface area (Å²) in [6.07, 6.45) is 19.1. The molecule has 0 fully saturated rings. The van der Waals surface area contributed by atoms with Crippen LogP contribution < -0.4 is 0 Å². The molecule has 0 saturated carbocycles. The van der Waals surface area contributed by atoms with Crippen LogP contribution in [0.3, 0.4) is 0 Å². The van der Waals surface area contributed by atoms with Crippen molar-refractivity contribution in [3.8, 4) is 0 Å². The highest BCUT2D eigenvalue weighted by Crippen LogP contribution is 2.18. The number of thiol groups is 2. The zero-order valence-corrected chi connectivity index (χ0v) is 16.6. The quantitative estimate of drug-likeness (QED) is 0.208. The van der Waals surface area contributed by atoms with Crippen molar-refractivity contribution in [1.29, 1.82) is 0 Å². The zero-order chi connectivity index (χ0) is 16.5. The maximum absolute atomic E-state index is 9.07. The van der Waals surface area contributed by atoms with Gasteiger partial charge in [-0.05, 0) is 24.5 Å². The van der Waals surface area contributed by atoms with E-state index in [1.807, 2.05) is 0 Å². The van der Waals surface area contributed by atoms with Crippen LogP contribution in [0.25, 0.3) is 0 Å². The lowest BCUT2D eigenvalue weighted by Gasteiger charge is -2.16. The van der Waals surface area contributed by atoms with E-state index in [0.717, 1.165) is 12.2 Å². The van der Waals surface area contributed by atoms with Crippen LogP contribution in [-0.4, -0.2) is 22.7 Å². The van der Waals surface area contributed by atoms with Crippen molar-refractivity contribution in [1.82, 2.24) is 0 Å². The third kappa shape index (κ3) is 15.6. The lowest BCUT2D eigenvalue weighted by Crippen LogP contribution is -2.15. The Hall–Kier alpha value is 0.660. The van der Waals surface area contributed by atoms with Gasteiger partial charge in [0, 0.05) is 11.9 Å². The van der Waals surface area contributed by atoms with E-state index in [-0.39, 0.29) is 6.61 Å². The summed E-state index contributed by atoms with van der Waals surface area (Å²) in [6.45, 7) is 2.35. The summed E-state index contributed by atoms with van der Waals surface area (Å²) >= 11 is 8.80. The second-order valence-corrected chi connectivity index (χ2v) is 7.95. The molecule has 0 aromatic rings. The highest BCUT2D eigenvalue weighted by atomic mass is 32.1. The molecule has 0 aliphatic rings. The minimum atomic E-state index is 0.267. The summed E-state index contributed by atoms with van der Waals surface area (Å²) in [5.41, 5.74) is 0. The first-order valence-corrected chi connectivity index (χ1v) is 10.8. The Morgan fingerprint density at radius 1 is 0.682 bits per heavy atom. The van der Waals surface area contributed by atoms with Gasteiger partial charge in [-0.1, -0.05) is 84.0 Å². The van der Waals surface area contributed by atoms with E-state index in [1.165, 1.54) is 83.5 Å². The summed E-state index contributed by atoms with van der Waals surface area (Å²) in [6, 6.07) is 0. The maximum atomic E-state index is 9.07. The molecular weight excluding hydrogens is 308 g/mol. The molecule has 22 heavy (non-hydrogen) atoms. The molecule has 0 heterocycles. The molecule has 0 aliphatic carbocycles. The molecular formula is C19H40OS2. The average molecular weight is 349 g/mol. The Kier molecular flexibility index (Phi) is 18.5. The van der Waals surface area contributed by atoms with Gasteiger partial charge < -0.3 is 5.11 Å². The average Bonchev–Trinajstić information content (AvgIpc) is 2.54. The minimum absolute atomic E-state index is 0.267. The largest absolute Gasteiger partial charge is 0.396 e. The minimum Gasteiger partial charge on any atom is -0.396 e. The Bertz CT molecular complexity index is 212. The van der Waals surface area contributed by atoms with Gasteiger partial charge in [0.1, 0.15) is 0 Å². The van der Waals surface area contributed by atoms with Crippen LogP contribution in [0.5, 0.6) is 0 Å². The summed E-state index contributed by atoms with van der Waals surface area (Å²) in [7, 11) is 0. The van der Waals surface area contributed by atoms with Gasteiger partial charge in [-0.25, -0.2) is 0 Å². The molecule has 0 aromatic carbocycles. The van der Waals surface area contributed by atoms with Crippen LogP contribution >= 0.6 is 25.3 Å². The van der Waals surface area contributed by atoms with E-state index in [0.29, 0.717) is 11.2 Å². The summed E-state index contributed by atoms with van der Waals surface area (Å²) in [5.74, 6) is 1.39. The van der Waals surface area contributed by atoms with E-state index in [4.69, 9.17) is 5.11 Å². The first kappa shape index (κ1) is 22.7. The van der Waals surface area contributed by atoms with Gasteiger partial charge in [-0.15, -0.1) is 0 Å². The molecule has 2 unspecified atom stereocenters. The maximum Gasteiger partial charge on any atom is 0.0467 e. The molecule has 0 bridgehead atoms. The monoisotopic (exact) mass is 348 g/mol. The van der Waals surface area contributed by atoms with Crippen molar-refractivity contribution in [2.24, 2.45) is 5.92 Å². The van der Waals surface area contributed by atoms with Crippen molar-refractivity contribution in [3.05, 3.63) is 0 Å². The lowest BCUT2D eigenvalue weighted by molar-refractivity contribution is 0.231. The van der Waals surface area contributed by atoms with Crippen LogP contribution in [0, 0.1) is 5.92 Å². The highest BCUT2D eigenvalue weighted by molar-refractivity contribution is 7.81. The molecule has 0 rings (SSSR count). The molecule has 0 aliphatic heterocycles. The van der Waals surface area contributed by atoms with Crippen LogP contribution in [0.1, 0.15) is 96.8 Å². The standard InChI is InChI=1S/C19H40OS2/c1-18(17-20)19(22)15-13-11-9-7-5-3-2-4-6-8-10-12-14-16-21/h18-22H,2-17H2,1H3. The molecule has 1 N–H and O–H groups in total.